The van der Waals surface area contributed by atoms with Crippen LogP contribution in [0.3, 0.4) is 0 Å². The molecule has 1 spiro atoms. The fourth-order valence-corrected chi connectivity index (χ4v) is 5.09. The molecule has 3 N–H and O–H groups in total. The second-order valence-electron chi connectivity index (χ2n) is 8.11. The van der Waals surface area contributed by atoms with E-state index in [9.17, 15) is 23.9 Å². The highest BCUT2D eigenvalue weighted by Gasteiger charge is 2.70. The van der Waals surface area contributed by atoms with Crippen molar-refractivity contribution in [3.05, 3.63) is 65.5 Å². The second-order valence-corrected chi connectivity index (χ2v) is 8.11. The number of hydrogen-bond acceptors (Lipinski definition) is 5. The molecule has 7 nitrogen and oxygen atoms in total. The van der Waals surface area contributed by atoms with Gasteiger partial charge < -0.3 is 10.4 Å². The quantitative estimate of drug-likeness (QED) is 0.660. The Morgan fingerprint density at radius 3 is 2.50 bits per heavy atom. The van der Waals surface area contributed by atoms with Crippen molar-refractivity contribution in [2.75, 3.05) is 5.32 Å². The molecule has 8 heteroatoms. The van der Waals surface area contributed by atoms with Crippen LogP contribution in [-0.2, 0) is 26.5 Å². The van der Waals surface area contributed by atoms with Crippen LogP contribution in [0.15, 0.2) is 48.5 Å². The van der Waals surface area contributed by atoms with Crippen molar-refractivity contribution in [2.24, 2.45) is 11.8 Å². The lowest BCUT2D eigenvalue weighted by atomic mass is 9.76. The average molecular weight is 409 g/mol. The Hall–Kier alpha value is -3.10. The highest BCUT2D eigenvalue weighted by Crippen LogP contribution is 2.53. The monoisotopic (exact) mass is 409 g/mol. The van der Waals surface area contributed by atoms with Crippen molar-refractivity contribution in [3.8, 4) is 0 Å². The lowest BCUT2D eigenvalue weighted by Gasteiger charge is -2.30. The first-order valence-electron chi connectivity index (χ1n) is 9.81. The van der Waals surface area contributed by atoms with Crippen LogP contribution in [-0.4, -0.2) is 39.9 Å². The Bertz CT molecular complexity index is 1070. The molecule has 5 rings (SSSR count). The number of aliphatic hydroxyl groups is 1. The zero-order valence-electron chi connectivity index (χ0n) is 16.1. The Balaban J connectivity index is 1.59. The third kappa shape index (κ3) is 2.41. The van der Waals surface area contributed by atoms with E-state index in [-0.39, 0.29) is 6.54 Å². The van der Waals surface area contributed by atoms with Crippen LogP contribution >= 0.6 is 0 Å². The molecule has 2 fully saturated rings. The van der Waals surface area contributed by atoms with E-state index >= 15 is 0 Å². The van der Waals surface area contributed by atoms with E-state index < -0.39 is 53.1 Å². The minimum atomic E-state index is -1.42. The summed E-state index contributed by atoms with van der Waals surface area (Å²) in [6, 6.07) is 11.8. The number of carbonyl (C=O) groups is 3. The van der Waals surface area contributed by atoms with Crippen molar-refractivity contribution >= 4 is 23.4 Å². The number of fused-ring (bicyclic) bond motifs is 4. The SMILES string of the molecule is CC(O)C1NC2(C(=O)Nc3ccccc32)C2C(=O)N(Cc3ccc(F)cc3)C(=O)C12. The standard InChI is InChI=1S/C22H20FN3O4/c1-11(27)18-16-17(22(25-18)14-4-2-3-5-15(14)24-21(22)30)20(29)26(19(16)28)10-12-6-8-13(23)9-7-12/h2-9,11,16-18,25,27H,10H2,1H3,(H,24,30). The molecule has 0 saturated carbocycles. The first-order chi connectivity index (χ1) is 14.3. The van der Waals surface area contributed by atoms with Gasteiger partial charge in [-0.25, -0.2) is 4.39 Å². The van der Waals surface area contributed by atoms with Gasteiger partial charge in [-0.05, 0) is 30.7 Å². The van der Waals surface area contributed by atoms with Crippen molar-refractivity contribution in [1.29, 1.82) is 0 Å². The number of nitrogens with zero attached hydrogens (tertiary/aromatic N) is 1. The second kappa shape index (κ2) is 6.45. The number of amides is 3. The number of halogens is 1. The summed E-state index contributed by atoms with van der Waals surface area (Å²) in [7, 11) is 0. The predicted molar refractivity (Wildman–Crippen MR) is 104 cm³/mol. The normalized spacial score (nSPS) is 30.6. The van der Waals surface area contributed by atoms with Gasteiger partial charge in [0, 0.05) is 17.3 Å². The van der Waals surface area contributed by atoms with Crippen LogP contribution in [0.25, 0.3) is 0 Å². The maximum absolute atomic E-state index is 13.5. The largest absolute Gasteiger partial charge is 0.392 e. The maximum atomic E-state index is 13.5. The Labute approximate surface area is 171 Å². The molecule has 5 unspecified atom stereocenters. The molecule has 2 aromatic carbocycles. The molecule has 3 aliphatic heterocycles. The van der Waals surface area contributed by atoms with Gasteiger partial charge in [0.25, 0.3) is 0 Å². The molecule has 2 saturated heterocycles. The van der Waals surface area contributed by atoms with Crippen molar-refractivity contribution in [1.82, 2.24) is 10.2 Å². The summed E-state index contributed by atoms with van der Waals surface area (Å²) in [4.78, 5) is 41.0. The molecule has 0 radical (unpaired) electrons. The summed E-state index contributed by atoms with van der Waals surface area (Å²) in [5, 5.41) is 16.3. The van der Waals surface area contributed by atoms with Crippen LogP contribution in [0, 0.1) is 17.7 Å². The van der Waals surface area contributed by atoms with Crippen LogP contribution in [0.5, 0.6) is 0 Å². The van der Waals surface area contributed by atoms with Gasteiger partial charge in [0.2, 0.25) is 17.7 Å². The molecule has 0 aliphatic carbocycles. The summed E-state index contributed by atoms with van der Waals surface area (Å²) >= 11 is 0. The summed E-state index contributed by atoms with van der Waals surface area (Å²) < 4.78 is 13.2. The first kappa shape index (κ1) is 18.9. The summed E-state index contributed by atoms with van der Waals surface area (Å²) in [5.41, 5.74) is 0.354. The third-order valence-corrected chi connectivity index (χ3v) is 6.42. The van der Waals surface area contributed by atoms with Gasteiger partial charge >= 0.3 is 0 Å². The third-order valence-electron chi connectivity index (χ3n) is 6.42. The van der Waals surface area contributed by atoms with E-state index in [2.05, 4.69) is 10.6 Å². The summed E-state index contributed by atoms with van der Waals surface area (Å²) in [6.45, 7) is 1.52. The predicted octanol–water partition coefficient (Wildman–Crippen LogP) is 1.13. The average Bonchev–Trinajstić information content (AvgIpc) is 3.31. The van der Waals surface area contributed by atoms with Gasteiger partial charge in [-0.2, -0.15) is 0 Å². The number of likely N-dealkylation sites (tertiary alicyclic amines) is 1. The first-order valence-corrected chi connectivity index (χ1v) is 9.81. The molecule has 3 aliphatic rings. The topological polar surface area (TPSA) is 98.7 Å². The van der Waals surface area contributed by atoms with E-state index in [1.807, 2.05) is 0 Å². The fourth-order valence-electron chi connectivity index (χ4n) is 5.09. The Morgan fingerprint density at radius 2 is 1.80 bits per heavy atom. The lowest BCUT2D eigenvalue weighted by molar-refractivity contribution is -0.143. The Morgan fingerprint density at radius 1 is 1.10 bits per heavy atom. The molecular weight excluding hydrogens is 389 g/mol. The maximum Gasteiger partial charge on any atom is 0.250 e. The van der Waals surface area contributed by atoms with Crippen molar-refractivity contribution in [2.45, 2.75) is 31.2 Å². The van der Waals surface area contributed by atoms with Gasteiger partial charge in [0.15, 0.2) is 0 Å². The number of nitrogens with one attached hydrogen (secondary N) is 2. The molecule has 3 heterocycles. The molecule has 0 bridgehead atoms. The van der Waals surface area contributed by atoms with Crippen LogP contribution in [0.1, 0.15) is 18.1 Å². The lowest BCUT2D eigenvalue weighted by Crippen LogP contribution is -2.54. The highest BCUT2D eigenvalue weighted by atomic mass is 19.1. The number of benzene rings is 2. The van der Waals surface area contributed by atoms with E-state index in [1.165, 1.54) is 31.2 Å². The van der Waals surface area contributed by atoms with Crippen LogP contribution < -0.4 is 10.6 Å². The smallest absolute Gasteiger partial charge is 0.250 e. The van der Waals surface area contributed by atoms with Crippen LogP contribution in [0.2, 0.25) is 0 Å². The van der Waals surface area contributed by atoms with E-state index in [0.717, 1.165) is 4.90 Å². The van der Waals surface area contributed by atoms with Gasteiger partial charge in [0.05, 0.1) is 24.5 Å². The van der Waals surface area contributed by atoms with Crippen molar-refractivity contribution < 1.29 is 23.9 Å². The van der Waals surface area contributed by atoms with Gasteiger partial charge in [-0.3, -0.25) is 24.6 Å². The molecule has 0 aromatic heterocycles. The zero-order valence-corrected chi connectivity index (χ0v) is 16.1. The van der Waals surface area contributed by atoms with Crippen LogP contribution in [0.4, 0.5) is 10.1 Å². The number of imide groups is 1. The minimum absolute atomic E-state index is 0.0170. The number of aliphatic hydroxyl groups excluding tert-OH is 1. The van der Waals surface area contributed by atoms with Crippen molar-refractivity contribution in [3.63, 3.8) is 0 Å². The molecule has 3 amide bonds. The molecule has 5 atom stereocenters. The van der Waals surface area contributed by atoms with E-state index in [4.69, 9.17) is 0 Å². The number of para-hydroxylation sites is 1. The van der Waals surface area contributed by atoms with Gasteiger partial charge in [0.1, 0.15) is 11.4 Å². The minimum Gasteiger partial charge on any atom is -0.392 e. The molecular formula is C22H20FN3O4. The molecule has 154 valence electrons. The summed E-state index contributed by atoms with van der Waals surface area (Å²) in [5.74, 6) is -3.60. The fraction of sp³-hybridized carbons (Fsp3) is 0.318. The van der Waals surface area contributed by atoms with E-state index in [0.29, 0.717) is 16.8 Å². The number of hydrogen-bond donors (Lipinski definition) is 3. The highest BCUT2D eigenvalue weighted by molar-refractivity contribution is 6.15. The number of carbonyl (C=O) groups excluding carboxylic acids is 3. The van der Waals surface area contributed by atoms with Gasteiger partial charge in [-0.1, -0.05) is 30.3 Å². The molecule has 2 aromatic rings. The zero-order chi connectivity index (χ0) is 21.2. The Kier molecular flexibility index (Phi) is 4.06. The van der Waals surface area contributed by atoms with Gasteiger partial charge in [-0.15, -0.1) is 0 Å². The molecule has 30 heavy (non-hydrogen) atoms. The number of anilines is 1. The summed E-state index contributed by atoms with van der Waals surface area (Å²) in [6.07, 6.45) is -0.958. The van der Waals surface area contributed by atoms with E-state index in [1.54, 1.807) is 24.3 Å². The number of rotatable bonds is 3.